The Hall–Kier alpha value is -0.830. The number of carbonyl (C=O) groups is 1. The van der Waals surface area contributed by atoms with Crippen LogP contribution in [0.3, 0.4) is 0 Å². The number of aliphatic hydroxyl groups excluding tert-OH is 1. The number of hydrogen-bond donors (Lipinski definition) is 1. The molecule has 0 radical (unpaired) electrons. The molecule has 0 aromatic carbocycles. The summed E-state index contributed by atoms with van der Waals surface area (Å²) in [6, 6.07) is 0. The Morgan fingerprint density at radius 2 is 2.14 bits per heavy atom. The first-order valence-electron chi connectivity index (χ1n) is 4.88. The fourth-order valence-corrected chi connectivity index (χ4v) is 2.08. The summed E-state index contributed by atoms with van der Waals surface area (Å²) in [7, 11) is 1.37. The van der Waals surface area contributed by atoms with Gasteiger partial charge in [-0.25, -0.2) is 4.79 Å². The van der Waals surface area contributed by atoms with E-state index in [4.69, 9.17) is 4.74 Å². The topological polar surface area (TPSA) is 46.5 Å². The average molecular weight is 198 g/mol. The fourth-order valence-electron chi connectivity index (χ4n) is 2.08. The monoisotopic (exact) mass is 198 g/mol. The van der Waals surface area contributed by atoms with Gasteiger partial charge in [-0.3, -0.25) is 0 Å². The Balaban J connectivity index is 3.15. The summed E-state index contributed by atoms with van der Waals surface area (Å²) < 4.78 is 4.74. The molecule has 0 bridgehead atoms. The van der Waals surface area contributed by atoms with E-state index in [0.29, 0.717) is 5.57 Å². The van der Waals surface area contributed by atoms with Crippen molar-refractivity contribution >= 4 is 5.97 Å². The van der Waals surface area contributed by atoms with Gasteiger partial charge >= 0.3 is 5.97 Å². The third kappa shape index (κ3) is 1.82. The number of carbonyl (C=O) groups excluding carboxylic acids is 1. The Morgan fingerprint density at radius 3 is 2.64 bits per heavy atom. The van der Waals surface area contributed by atoms with Crippen molar-refractivity contribution < 1.29 is 14.6 Å². The molecule has 0 heterocycles. The number of rotatable bonds is 1. The van der Waals surface area contributed by atoms with Gasteiger partial charge in [-0.05, 0) is 30.8 Å². The van der Waals surface area contributed by atoms with Crippen LogP contribution in [0.25, 0.3) is 0 Å². The van der Waals surface area contributed by atoms with Gasteiger partial charge in [0, 0.05) is 5.57 Å². The zero-order valence-corrected chi connectivity index (χ0v) is 9.26. The second kappa shape index (κ2) is 3.73. The lowest BCUT2D eigenvalue weighted by atomic mass is 9.72. The molecule has 0 aromatic heterocycles. The van der Waals surface area contributed by atoms with Crippen LogP contribution in [-0.4, -0.2) is 24.3 Å². The molecule has 0 aromatic rings. The van der Waals surface area contributed by atoms with Crippen molar-refractivity contribution in [1.82, 2.24) is 0 Å². The molecule has 14 heavy (non-hydrogen) atoms. The molecule has 0 spiro atoms. The van der Waals surface area contributed by atoms with Crippen LogP contribution in [0.4, 0.5) is 0 Å². The third-order valence-corrected chi connectivity index (χ3v) is 3.00. The summed E-state index contributed by atoms with van der Waals surface area (Å²) in [5, 5.41) is 9.66. The van der Waals surface area contributed by atoms with Crippen LogP contribution in [0, 0.1) is 5.41 Å². The first kappa shape index (κ1) is 11.2. The van der Waals surface area contributed by atoms with Gasteiger partial charge in [0.2, 0.25) is 0 Å². The van der Waals surface area contributed by atoms with E-state index in [1.807, 2.05) is 13.8 Å². The highest BCUT2D eigenvalue weighted by Crippen LogP contribution is 2.40. The molecule has 0 saturated heterocycles. The van der Waals surface area contributed by atoms with Crippen molar-refractivity contribution in [2.75, 3.05) is 7.11 Å². The van der Waals surface area contributed by atoms with Crippen LogP contribution in [0.2, 0.25) is 0 Å². The molecule has 1 atom stereocenters. The number of ether oxygens (including phenoxy) is 1. The highest BCUT2D eigenvalue weighted by atomic mass is 16.5. The highest BCUT2D eigenvalue weighted by molar-refractivity contribution is 5.91. The van der Waals surface area contributed by atoms with Crippen molar-refractivity contribution in [2.24, 2.45) is 5.41 Å². The van der Waals surface area contributed by atoms with Crippen LogP contribution in [0.1, 0.15) is 33.6 Å². The minimum atomic E-state index is -0.489. The van der Waals surface area contributed by atoms with Crippen molar-refractivity contribution in [3.05, 3.63) is 11.1 Å². The van der Waals surface area contributed by atoms with E-state index in [2.05, 4.69) is 0 Å². The molecule has 1 aliphatic carbocycles. The Bertz CT molecular complexity index is 276. The summed E-state index contributed by atoms with van der Waals surface area (Å²) in [5.41, 5.74) is 1.21. The van der Waals surface area contributed by atoms with Crippen LogP contribution in [0.15, 0.2) is 11.1 Å². The normalized spacial score (nSPS) is 26.2. The fraction of sp³-hybridized carbons (Fsp3) is 0.727. The summed E-state index contributed by atoms with van der Waals surface area (Å²) in [4.78, 5) is 11.5. The van der Waals surface area contributed by atoms with Crippen LogP contribution < -0.4 is 0 Å². The van der Waals surface area contributed by atoms with E-state index in [-0.39, 0.29) is 11.4 Å². The number of aliphatic hydroxyl groups is 1. The molecule has 3 heteroatoms. The molecule has 0 amide bonds. The van der Waals surface area contributed by atoms with Crippen molar-refractivity contribution in [2.45, 2.75) is 39.7 Å². The highest BCUT2D eigenvalue weighted by Gasteiger charge is 2.36. The lowest BCUT2D eigenvalue weighted by Gasteiger charge is -2.34. The first-order valence-corrected chi connectivity index (χ1v) is 4.88. The van der Waals surface area contributed by atoms with Crippen LogP contribution >= 0.6 is 0 Å². The maximum atomic E-state index is 11.5. The molecular weight excluding hydrogens is 180 g/mol. The summed E-state index contributed by atoms with van der Waals surface area (Å²) in [6.45, 7) is 5.82. The summed E-state index contributed by atoms with van der Waals surface area (Å²) in [5.74, 6) is -0.314. The van der Waals surface area contributed by atoms with Crippen molar-refractivity contribution in [3.8, 4) is 0 Å². The number of hydrogen-bond acceptors (Lipinski definition) is 3. The predicted molar refractivity (Wildman–Crippen MR) is 53.7 cm³/mol. The Labute approximate surface area is 84.8 Å². The molecular formula is C11H18O3. The Morgan fingerprint density at radius 1 is 1.57 bits per heavy atom. The quantitative estimate of drug-likeness (QED) is 0.652. The van der Waals surface area contributed by atoms with Gasteiger partial charge in [-0.15, -0.1) is 0 Å². The van der Waals surface area contributed by atoms with Gasteiger partial charge in [0.05, 0.1) is 13.2 Å². The Kier molecular flexibility index (Phi) is 3.00. The molecule has 1 N–H and O–H groups in total. The lowest BCUT2D eigenvalue weighted by molar-refractivity contribution is -0.137. The van der Waals surface area contributed by atoms with E-state index in [1.165, 1.54) is 7.11 Å². The zero-order valence-electron chi connectivity index (χ0n) is 9.26. The SMILES string of the molecule is COC(=O)C1=C(C)C(O)CCC1(C)C. The van der Waals surface area contributed by atoms with Crippen molar-refractivity contribution in [1.29, 1.82) is 0 Å². The average Bonchev–Trinajstić information content (AvgIpc) is 2.11. The smallest absolute Gasteiger partial charge is 0.334 e. The van der Waals surface area contributed by atoms with Gasteiger partial charge in [0.15, 0.2) is 0 Å². The molecule has 0 saturated carbocycles. The van der Waals surface area contributed by atoms with Gasteiger partial charge in [-0.2, -0.15) is 0 Å². The summed E-state index contributed by atoms with van der Waals surface area (Å²) >= 11 is 0. The molecule has 1 rings (SSSR count). The molecule has 3 nitrogen and oxygen atoms in total. The minimum Gasteiger partial charge on any atom is -0.466 e. The van der Waals surface area contributed by atoms with E-state index >= 15 is 0 Å². The van der Waals surface area contributed by atoms with Gasteiger partial charge < -0.3 is 9.84 Å². The minimum absolute atomic E-state index is 0.184. The van der Waals surface area contributed by atoms with Gasteiger partial charge in [0.25, 0.3) is 0 Å². The molecule has 0 aliphatic heterocycles. The second-order valence-corrected chi connectivity index (χ2v) is 4.49. The first-order chi connectivity index (χ1) is 6.40. The summed E-state index contributed by atoms with van der Waals surface area (Å²) in [6.07, 6.45) is 1.05. The lowest BCUT2D eigenvalue weighted by Crippen LogP contribution is -2.32. The molecule has 0 fully saturated rings. The van der Waals surface area contributed by atoms with Gasteiger partial charge in [-0.1, -0.05) is 13.8 Å². The second-order valence-electron chi connectivity index (χ2n) is 4.49. The van der Waals surface area contributed by atoms with Gasteiger partial charge in [0.1, 0.15) is 0 Å². The third-order valence-electron chi connectivity index (χ3n) is 3.00. The van der Waals surface area contributed by atoms with Crippen molar-refractivity contribution in [3.63, 3.8) is 0 Å². The van der Waals surface area contributed by atoms with Crippen LogP contribution in [0.5, 0.6) is 0 Å². The maximum absolute atomic E-state index is 11.5. The molecule has 80 valence electrons. The van der Waals surface area contributed by atoms with E-state index < -0.39 is 6.10 Å². The predicted octanol–water partition coefficient (Wildman–Crippen LogP) is 1.66. The standard InChI is InChI=1S/C11H18O3/c1-7-8(12)5-6-11(2,3)9(7)10(13)14-4/h8,12H,5-6H2,1-4H3. The number of methoxy groups -OCH3 is 1. The molecule has 1 aliphatic rings. The molecule has 1 unspecified atom stereocenters. The van der Waals surface area contributed by atoms with Crippen LogP contribution in [-0.2, 0) is 9.53 Å². The largest absolute Gasteiger partial charge is 0.466 e. The van der Waals surface area contributed by atoms with E-state index in [1.54, 1.807) is 6.92 Å². The zero-order chi connectivity index (χ0) is 10.9. The number of esters is 1. The van der Waals surface area contributed by atoms with E-state index in [9.17, 15) is 9.90 Å². The maximum Gasteiger partial charge on any atom is 0.334 e. The van der Waals surface area contributed by atoms with E-state index in [0.717, 1.165) is 18.4 Å².